The third kappa shape index (κ3) is 14.3. The van der Waals surface area contributed by atoms with Gasteiger partial charge in [0.25, 0.3) is 0 Å². The van der Waals surface area contributed by atoms with Crippen molar-refractivity contribution in [2.24, 2.45) is 0 Å². The monoisotopic (exact) mass is 1660 g/mol. The van der Waals surface area contributed by atoms with Crippen molar-refractivity contribution in [1.29, 1.82) is 0 Å². The molecule has 130 heavy (non-hydrogen) atoms. The summed E-state index contributed by atoms with van der Waals surface area (Å²) in [7, 11) is 0. The minimum atomic E-state index is 1.10. The molecule has 0 aliphatic heterocycles. The lowest BCUT2D eigenvalue weighted by Crippen LogP contribution is -2.10. The maximum absolute atomic E-state index is 2.37. The Balaban J connectivity index is 0.000000148. The molecule has 0 saturated heterocycles. The zero-order chi connectivity index (χ0) is 86.5. The molecule has 0 saturated carbocycles. The average Bonchev–Trinajstić information content (AvgIpc) is 1.15. The fourth-order valence-corrected chi connectivity index (χ4v) is 20.0. The number of hydrogen-bond acceptors (Lipinski definition) is 2. The number of rotatable bonds is 16. The molecule has 0 spiro atoms. The minimum absolute atomic E-state index is 1.10. The Morgan fingerprint density at radius 2 is 0.323 bits per heavy atom. The molecule has 0 unspecified atom stereocenters. The number of nitrogens with zero attached hydrogens (tertiary/aromatic N) is 4. The number of aryl methyl sites for hydroxylation is 2. The highest BCUT2D eigenvalue weighted by atomic mass is 15.1. The lowest BCUT2D eigenvalue weighted by molar-refractivity contribution is 1.17. The first-order valence-electron chi connectivity index (χ1n) is 44.8. The van der Waals surface area contributed by atoms with Crippen LogP contribution in [0, 0.1) is 13.8 Å². The van der Waals surface area contributed by atoms with E-state index in [0.717, 1.165) is 45.5 Å². The van der Waals surface area contributed by atoms with Crippen molar-refractivity contribution in [2.45, 2.75) is 13.8 Å². The van der Waals surface area contributed by atoms with Crippen molar-refractivity contribution in [3.05, 3.63) is 509 Å². The highest BCUT2D eigenvalue weighted by Crippen LogP contribution is 2.49. The Labute approximate surface area is 757 Å². The molecular weight excluding hydrogens is 1570 g/mol. The second-order valence-electron chi connectivity index (χ2n) is 33.9. The zero-order valence-electron chi connectivity index (χ0n) is 72.1. The molecule has 22 aromatic carbocycles. The van der Waals surface area contributed by atoms with E-state index in [0.29, 0.717) is 0 Å². The molecule has 0 amide bonds. The number of aromatic nitrogens is 2. The van der Waals surface area contributed by atoms with Crippen molar-refractivity contribution >= 4 is 121 Å². The van der Waals surface area contributed by atoms with Crippen LogP contribution in [0.1, 0.15) is 11.1 Å². The summed E-state index contributed by atoms with van der Waals surface area (Å²) in [6, 6.07) is 181. The predicted octanol–water partition coefficient (Wildman–Crippen LogP) is 35.1. The first kappa shape index (κ1) is 77.9. The summed E-state index contributed by atoms with van der Waals surface area (Å²) in [5.74, 6) is 0. The van der Waals surface area contributed by atoms with Gasteiger partial charge in [-0.25, -0.2) is 0 Å². The van der Waals surface area contributed by atoms with Gasteiger partial charge >= 0.3 is 0 Å². The van der Waals surface area contributed by atoms with Crippen molar-refractivity contribution in [2.75, 3.05) is 9.80 Å². The van der Waals surface area contributed by atoms with Crippen LogP contribution in [-0.4, -0.2) is 9.13 Å². The molecule has 0 atom stereocenters. The van der Waals surface area contributed by atoms with Crippen LogP contribution in [-0.2, 0) is 0 Å². The summed E-state index contributed by atoms with van der Waals surface area (Å²) in [6.45, 7) is 4.39. The van der Waals surface area contributed by atoms with Gasteiger partial charge in [-0.1, -0.05) is 387 Å². The smallest absolute Gasteiger partial charge is 0.0541 e. The van der Waals surface area contributed by atoms with Crippen molar-refractivity contribution < 1.29 is 0 Å². The molecule has 4 nitrogen and oxygen atoms in total. The predicted molar refractivity (Wildman–Crippen MR) is 554 cm³/mol. The summed E-state index contributed by atoms with van der Waals surface area (Å²) >= 11 is 0. The Morgan fingerprint density at radius 1 is 0.138 bits per heavy atom. The Kier molecular flexibility index (Phi) is 20.1. The van der Waals surface area contributed by atoms with Gasteiger partial charge in [0, 0.05) is 67.0 Å². The second kappa shape index (κ2) is 33.5. The van der Waals surface area contributed by atoms with Gasteiger partial charge in [-0.05, 0) is 267 Å². The van der Waals surface area contributed by atoms with Crippen molar-refractivity contribution in [3.63, 3.8) is 0 Å². The largest absolute Gasteiger partial charge is 0.311 e. The van der Waals surface area contributed by atoms with Gasteiger partial charge in [0.15, 0.2) is 0 Å². The van der Waals surface area contributed by atoms with Gasteiger partial charge in [0.1, 0.15) is 0 Å². The van der Waals surface area contributed by atoms with Crippen LogP contribution in [0.3, 0.4) is 0 Å². The summed E-state index contributed by atoms with van der Waals surface area (Å²) in [6.07, 6.45) is 0. The maximum atomic E-state index is 2.37. The number of anilines is 6. The standard InChI is InChI=1S/2C63H44N2/c1-43-24-41-58-59(42-43)63(49-31-25-45(26-32-49)44-14-4-2-5-15-44)57-21-9-8-20-56(57)62(58)48-29-27-46(28-30-48)47-33-35-51(36-34-47)64(50-16-6-3-7-17-50)52-37-39-53(40-38-52)65-60-22-12-10-18-54(60)55-19-11-13-23-61(55)65;1-43-24-41-58-59(42-43)63(57-21-9-8-20-56(57)62(58)48-29-25-45(26-30-48)44-14-4-2-5-15-44)49-31-27-46(28-32-49)47-33-35-51(36-34-47)64(50-16-6-3-7-17-50)52-37-39-53(40-38-52)65-60-22-12-10-18-54(60)55-19-11-13-23-61(55)65/h2*2-42H,1H3. The maximum Gasteiger partial charge on any atom is 0.0541 e. The fraction of sp³-hybridized carbons (Fsp3) is 0.0159. The normalized spacial score (nSPS) is 11.5. The van der Waals surface area contributed by atoms with E-state index in [1.54, 1.807) is 0 Å². The molecule has 0 aliphatic rings. The molecular formula is C126H88N4. The van der Waals surface area contributed by atoms with Gasteiger partial charge < -0.3 is 18.9 Å². The van der Waals surface area contributed by atoms with E-state index in [2.05, 4.69) is 530 Å². The number of hydrogen-bond donors (Lipinski definition) is 0. The van der Waals surface area contributed by atoms with Crippen LogP contribution in [0.2, 0.25) is 0 Å². The third-order valence-corrected chi connectivity index (χ3v) is 26.1. The molecule has 2 aromatic heterocycles. The lowest BCUT2D eigenvalue weighted by atomic mass is 9.85. The van der Waals surface area contributed by atoms with Crippen LogP contribution >= 0.6 is 0 Å². The summed E-state index contributed by atoms with van der Waals surface area (Å²) in [5, 5.41) is 15.2. The third-order valence-electron chi connectivity index (χ3n) is 26.1. The Bertz CT molecular complexity index is 8210. The molecule has 0 N–H and O–H groups in total. The molecule has 612 valence electrons. The number of para-hydroxylation sites is 6. The van der Waals surface area contributed by atoms with E-state index in [1.807, 2.05) is 0 Å². The number of fused-ring (bicyclic) bond motifs is 10. The van der Waals surface area contributed by atoms with Gasteiger partial charge in [-0.3, -0.25) is 0 Å². The summed E-state index contributed by atoms with van der Waals surface area (Å²) in [5.41, 5.74) is 35.8. The van der Waals surface area contributed by atoms with Gasteiger partial charge in [-0.2, -0.15) is 0 Å². The van der Waals surface area contributed by atoms with Gasteiger partial charge in [0.05, 0.1) is 22.1 Å². The van der Waals surface area contributed by atoms with Crippen LogP contribution in [0.4, 0.5) is 34.1 Å². The number of benzene rings is 22. The van der Waals surface area contributed by atoms with E-state index in [4.69, 9.17) is 0 Å². The highest BCUT2D eigenvalue weighted by Gasteiger charge is 2.24. The van der Waals surface area contributed by atoms with E-state index in [9.17, 15) is 0 Å². The highest BCUT2D eigenvalue weighted by molar-refractivity contribution is 6.23. The molecule has 24 aromatic rings. The first-order valence-corrected chi connectivity index (χ1v) is 44.8. The van der Waals surface area contributed by atoms with E-state index >= 15 is 0 Å². The van der Waals surface area contributed by atoms with Crippen LogP contribution in [0.25, 0.3) is 187 Å². The van der Waals surface area contributed by atoms with Crippen molar-refractivity contribution in [3.8, 4) is 100 Å². The summed E-state index contributed by atoms with van der Waals surface area (Å²) in [4.78, 5) is 4.67. The first-order chi connectivity index (χ1) is 64.3. The summed E-state index contributed by atoms with van der Waals surface area (Å²) < 4.78 is 4.74. The Hall–Kier alpha value is -16.9. The fourth-order valence-electron chi connectivity index (χ4n) is 20.0. The van der Waals surface area contributed by atoms with Crippen molar-refractivity contribution in [1.82, 2.24) is 9.13 Å². The minimum Gasteiger partial charge on any atom is -0.311 e. The van der Waals surface area contributed by atoms with Gasteiger partial charge in [-0.15, -0.1) is 0 Å². The second-order valence-corrected chi connectivity index (χ2v) is 33.9. The zero-order valence-corrected chi connectivity index (χ0v) is 72.1. The molecule has 0 radical (unpaired) electrons. The SMILES string of the molecule is Cc1ccc2c(-c3ccc(-c4ccc(N(c5ccccc5)c5ccc(-n6c7ccccc7c7ccccc76)cc5)cc4)cc3)c3ccccc3c(-c3ccc(-c4ccccc4)cc3)c2c1.Cc1ccc2c(-c3ccc(-c4ccccc4)cc3)c3ccccc3c(-c3ccc(-c4ccc(N(c5ccccc5)c5ccc(-n6c7ccccc7c7ccccc76)cc5)cc4)cc3)c2c1. The molecule has 0 aliphatic carbocycles. The molecule has 2 heterocycles. The topological polar surface area (TPSA) is 16.3 Å². The van der Waals surface area contributed by atoms with Gasteiger partial charge in [0.2, 0.25) is 0 Å². The van der Waals surface area contributed by atoms with Crippen LogP contribution in [0.15, 0.2) is 497 Å². The quantitative estimate of drug-likeness (QED) is 0.0897. The van der Waals surface area contributed by atoms with E-state index in [-0.39, 0.29) is 0 Å². The molecule has 4 heteroatoms. The van der Waals surface area contributed by atoms with Crippen LogP contribution in [0.5, 0.6) is 0 Å². The lowest BCUT2D eigenvalue weighted by Gasteiger charge is -2.26. The van der Waals surface area contributed by atoms with E-state index < -0.39 is 0 Å². The van der Waals surface area contributed by atoms with E-state index in [1.165, 1.54) is 187 Å². The average molecular weight is 1660 g/mol. The molecule has 0 bridgehead atoms. The van der Waals surface area contributed by atoms with Crippen LogP contribution < -0.4 is 9.80 Å². The molecule has 0 fully saturated rings. The Morgan fingerprint density at radius 3 is 0.592 bits per heavy atom. The molecule has 24 rings (SSSR count).